The lowest BCUT2D eigenvalue weighted by Crippen LogP contribution is -2.64. The van der Waals surface area contributed by atoms with Gasteiger partial charge in [-0.2, -0.15) is 0 Å². The highest BCUT2D eigenvalue weighted by atomic mass is 32.1. The van der Waals surface area contributed by atoms with E-state index in [0.717, 1.165) is 53.8 Å². The van der Waals surface area contributed by atoms with Crippen LogP contribution in [0.15, 0.2) is 66.7 Å². The predicted octanol–water partition coefficient (Wildman–Crippen LogP) is 11.9. The number of nitrogens with zero attached hydrogens (tertiary/aromatic N) is 3. The Hall–Kier alpha value is -6.23. The molecule has 6 amide bonds. The van der Waals surface area contributed by atoms with Crippen LogP contribution in [0.5, 0.6) is 5.75 Å². The molecule has 11 rings (SSSR count). The Balaban J connectivity index is 0.764. The summed E-state index contributed by atoms with van der Waals surface area (Å²) in [4.78, 5) is 94.0. The predicted molar refractivity (Wildman–Crippen MR) is 330 cm³/mol. The maximum absolute atomic E-state index is 15.0. The molecule has 0 radical (unpaired) electrons. The van der Waals surface area contributed by atoms with Gasteiger partial charge in [0, 0.05) is 65.6 Å². The number of hydrogen-bond acceptors (Lipinski definition) is 8. The zero-order valence-corrected chi connectivity index (χ0v) is 53.1. The minimum atomic E-state index is -0.970. The second-order valence-corrected chi connectivity index (χ2v) is 30.2. The molecular formula is C70H89F3N6O7S. The van der Waals surface area contributed by atoms with E-state index in [2.05, 4.69) is 103 Å². The maximum atomic E-state index is 15.0. The largest absolute Gasteiger partial charge is 0.488 e. The number of halogens is 3. The van der Waals surface area contributed by atoms with Crippen LogP contribution < -0.4 is 20.7 Å². The van der Waals surface area contributed by atoms with Gasteiger partial charge in [-0.15, -0.1) is 11.3 Å². The van der Waals surface area contributed by atoms with Crippen molar-refractivity contribution in [3.05, 3.63) is 111 Å². The van der Waals surface area contributed by atoms with Crippen LogP contribution in [-0.2, 0) is 36.0 Å². The van der Waals surface area contributed by atoms with E-state index < -0.39 is 47.5 Å². The van der Waals surface area contributed by atoms with Crippen molar-refractivity contribution in [1.82, 2.24) is 30.7 Å². The molecule has 4 aromatic rings. The van der Waals surface area contributed by atoms with Crippen LogP contribution in [0.3, 0.4) is 0 Å². The number of benzene rings is 3. The Bertz CT molecular complexity index is 3270. The normalized spacial score (nSPS) is 28.9. The number of ether oxygens (including phenoxy) is 1. The van der Waals surface area contributed by atoms with Gasteiger partial charge in [-0.25, -0.2) is 13.2 Å². The average Bonchev–Trinajstić information content (AvgIpc) is 2.32. The highest BCUT2D eigenvalue weighted by Gasteiger charge is 2.53. The fourth-order valence-electron chi connectivity index (χ4n) is 15.4. The van der Waals surface area contributed by atoms with Crippen LogP contribution in [0.25, 0.3) is 10.4 Å². The van der Waals surface area contributed by atoms with Crippen LogP contribution in [0.4, 0.5) is 13.2 Å². The second-order valence-electron chi connectivity index (χ2n) is 29.1. The summed E-state index contributed by atoms with van der Waals surface area (Å²) in [6.45, 7) is 22.4. The van der Waals surface area contributed by atoms with E-state index in [1.165, 1.54) is 35.1 Å². The van der Waals surface area contributed by atoms with Gasteiger partial charge in [0.1, 0.15) is 36.3 Å². The van der Waals surface area contributed by atoms with E-state index in [1.54, 1.807) is 21.9 Å². The minimum absolute atomic E-state index is 0.0121. The highest BCUT2D eigenvalue weighted by Crippen LogP contribution is 2.52. The highest BCUT2D eigenvalue weighted by molar-refractivity contribution is 7.17. The number of thiophene rings is 1. The monoisotopic (exact) mass is 1210 g/mol. The minimum Gasteiger partial charge on any atom is -0.488 e. The van der Waals surface area contributed by atoms with E-state index in [1.807, 2.05) is 11.8 Å². The van der Waals surface area contributed by atoms with Crippen molar-refractivity contribution in [3.8, 4) is 16.2 Å². The summed E-state index contributed by atoms with van der Waals surface area (Å²) in [6.07, 6.45) is 6.36. The molecule has 13 nitrogen and oxygen atoms in total. The number of nitrogens with one attached hydrogen (secondary N) is 3. The van der Waals surface area contributed by atoms with E-state index in [-0.39, 0.29) is 125 Å². The van der Waals surface area contributed by atoms with Crippen molar-refractivity contribution < 1.29 is 46.7 Å². The first-order valence-corrected chi connectivity index (χ1v) is 33.0. The SMILES string of the molecule is CC(C)CC1CN(C(=O)c2cc3c(s2)-c2cc(F)ccc2OC3)C(CC(C)CC(C)C2CN(C(=O)C3CC3c3ccc(F)c(F)c3)C(CC(C)C3CCC(C4CN(C(=O)C5CC5c5ccc(C(C)(C)C)cc5)C(CC(C)C)C(=O)N4)C3)C(=O)N2)C(=O)N1. The quantitative estimate of drug-likeness (QED) is 0.0895. The standard InChI is InChI=1S/C70H89F3N6O7S/c1-36(2)21-48-32-77(69(85)62-28-45-35-86-61-20-18-47(71)29-53(61)63(45)87-62)59(64(80)74-48)24-38(5)23-40(7)56-33-78(68(84)52-31-50(52)43-15-19-54(72)55(73)27-43)60(66(82)75-56)25-39(6)42-11-12-44(26-42)57-34-79(58(22-37(3)4)65(81)76-57)67(83)51-30-49(51)41-13-16-46(17-14-41)70(8,9)10/h13-20,27-29,36-40,42,44,48-52,56-60H,11-12,21-26,30-35H2,1-10H3,(H,74,80)(H,75,82)(H,76,81). The Morgan fingerprint density at radius 1 is 0.644 bits per heavy atom. The van der Waals surface area contributed by atoms with Crippen molar-refractivity contribution >= 4 is 46.8 Å². The molecule has 1 aromatic heterocycles. The number of amides is 6. The van der Waals surface area contributed by atoms with Crippen LogP contribution in [0.1, 0.15) is 177 Å². The summed E-state index contributed by atoms with van der Waals surface area (Å²) >= 11 is 1.29. The third kappa shape index (κ3) is 13.4. The van der Waals surface area contributed by atoms with Gasteiger partial charge in [0.2, 0.25) is 29.5 Å². The Labute approximate surface area is 515 Å². The van der Waals surface area contributed by atoms with Crippen molar-refractivity contribution in [2.75, 3.05) is 19.6 Å². The summed E-state index contributed by atoms with van der Waals surface area (Å²) in [5, 5.41) is 9.93. The van der Waals surface area contributed by atoms with Gasteiger partial charge >= 0.3 is 0 Å². The number of carbonyl (C=O) groups is 6. The number of piperazine rings is 3. The number of rotatable bonds is 18. The third-order valence-corrected chi connectivity index (χ3v) is 21.7. The average molecular weight is 1220 g/mol. The van der Waals surface area contributed by atoms with Gasteiger partial charge in [0.15, 0.2) is 11.6 Å². The smallest absolute Gasteiger partial charge is 0.264 e. The van der Waals surface area contributed by atoms with Crippen molar-refractivity contribution in [2.45, 2.75) is 194 Å². The molecule has 15 unspecified atom stereocenters. The molecule has 15 atom stereocenters. The summed E-state index contributed by atoms with van der Waals surface area (Å²) < 4.78 is 49.1. The topological polar surface area (TPSA) is 157 Å². The summed E-state index contributed by atoms with van der Waals surface area (Å²) in [5.74, 6) is -3.02. The van der Waals surface area contributed by atoms with E-state index in [4.69, 9.17) is 4.74 Å². The van der Waals surface area contributed by atoms with Gasteiger partial charge in [-0.05, 0) is 176 Å². The van der Waals surface area contributed by atoms with Gasteiger partial charge in [-0.3, -0.25) is 28.8 Å². The summed E-state index contributed by atoms with van der Waals surface area (Å²) in [5.41, 5.74) is 4.37. The lowest BCUT2D eigenvalue weighted by atomic mass is 9.82. The maximum Gasteiger partial charge on any atom is 0.264 e. The summed E-state index contributed by atoms with van der Waals surface area (Å²) in [7, 11) is 0. The second kappa shape index (κ2) is 25.0. The molecule has 6 fully saturated rings. The Morgan fingerprint density at radius 2 is 1.28 bits per heavy atom. The lowest BCUT2D eigenvalue weighted by Gasteiger charge is -2.44. The molecule has 3 saturated heterocycles. The van der Waals surface area contributed by atoms with Crippen molar-refractivity contribution in [3.63, 3.8) is 0 Å². The van der Waals surface area contributed by atoms with Crippen molar-refractivity contribution in [2.24, 2.45) is 53.3 Å². The Morgan fingerprint density at radius 3 is 1.95 bits per heavy atom. The van der Waals surface area contributed by atoms with Crippen LogP contribution >= 0.6 is 11.3 Å². The molecule has 3 aliphatic carbocycles. The molecule has 0 spiro atoms. The zero-order valence-electron chi connectivity index (χ0n) is 52.3. The number of fused-ring (bicyclic) bond motifs is 3. The fraction of sp³-hybridized carbons (Fsp3) is 0.600. The molecule has 0 bridgehead atoms. The van der Waals surface area contributed by atoms with E-state index >= 15 is 0 Å². The molecule has 5 heterocycles. The first-order chi connectivity index (χ1) is 41.3. The number of carbonyl (C=O) groups excluding carboxylic acids is 6. The Kier molecular flexibility index (Phi) is 17.9. The van der Waals surface area contributed by atoms with Crippen LogP contribution in [-0.4, -0.2) is 106 Å². The first kappa shape index (κ1) is 62.4. The molecule has 3 aromatic carbocycles. The molecular weight excluding hydrogens is 1130 g/mol. The molecule has 7 aliphatic rings. The third-order valence-electron chi connectivity index (χ3n) is 20.5. The lowest BCUT2D eigenvalue weighted by molar-refractivity contribution is -0.147. The number of hydrogen-bond donors (Lipinski definition) is 3. The van der Waals surface area contributed by atoms with Crippen LogP contribution in [0.2, 0.25) is 0 Å². The van der Waals surface area contributed by atoms with E-state index in [0.29, 0.717) is 73.4 Å². The summed E-state index contributed by atoms with van der Waals surface area (Å²) in [6, 6.07) is 15.6. The zero-order chi connectivity index (χ0) is 62.1. The van der Waals surface area contributed by atoms with Gasteiger partial charge in [-0.1, -0.05) is 99.6 Å². The van der Waals surface area contributed by atoms with Gasteiger partial charge < -0.3 is 35.4 Å². The van der Waals surface area contributed by atoms with Gasteiger partial charge in [0.25, 0.3) is 5.91 Å². The van der Waals surface area contributed by atoms with Gasteiger partial charge in [0.05, 0.1) is 4.88 Å². The first-order valence-electron chi connectivity index (χ1n) is 32.2. The fourth-order valence-corrected chi connectivity index (χ4v) is 16.6. The van der Waals surface area contributed by atoms with Crippen LogP contribution in [0, 0.1) is 70.7 Å². The molecule has 17 heteroatoms. The molecule has 4 aliphatic heterocycles. The molecule has 3 saturated carbocycles. The molecule has 87 heavy (non-hydrogen) atoms. The van der Waals surface area contributed by atoms with E-state index in [9.17, 15) is 41.9 Å². The van der Waals surface area contributed by atoms with Crippen molar-refractivity contribution in [1.29, 1.82) is 0 Å². The molecule has 468 valence electrons. The molecule has 3 N–H and O–H groups in total.